The molecular formula is C12H14FN. The maximum absolute atomic E-state index is 13.0. The first-order valence-electron chi connectivity index (χ1n) is 5.00. The van der Waals surface area contributed by atoms with Crippen molar-refractivity contribution < 1.29 is 4.39 Å². The Hall–Kier alpha value is -1.18. The second-order valence-corrected chi connectivity index (χ2v) is 3.84. The van der Waals surface area contributed by atoms with Gasteiger partial charge in [-0.2, -0.15) is 0 Å². The minimum absolute atomic E-state index is 0.267. The molecule has 0 radical (unpaired) electrons. The summed E-state index contributed by atoms with van der Waals surface area (Å²) in [5.41, 5.74) is 2.02. The van der Waals surface area contributed by atoms with Crippen LogP contribution in [0.25, 0.3) is 0 Å². The molecule has 0 N–H and O–H groups in total. The summed E-state index contributed by atoms with van der Waals surface area (Å²) in [6.07, 6.45) is 3.07. The van der Waals surface area contributed by atoms with Gasteiger partial charge in [0.15, 0.2) is 0 Å². The lowest BCUT2D eigenvalue weighted by Crippen LogP contribution is -2.16. The molecule has 0 amide bonds. The standard InChI is InChI=1S/C12H14FN/c1-9-8-10(13)5-6-11(9)12-4-2-3-7-14-12/h2-4,7,10-11H,1,5-6,8H2. The highest BCUT2D eigenvalue weighted by atomic mass is 19.1. The van der Waals surface area contributed by atoms with E-state index in [1.165, 1.54) is 0 Å². The first-order valence-corrected chi connectivity index (χ1v) is 5.00. The van der Waals surface area contributed by atoms with Gasteiger partial charge >= 0.3 is 0 Å². The molecule has 1 aliphatic carbocycles. The molecule has 2 rings (SSSR count). The summed E-state index contributed by atoms with van der Waals surface area (Å²) in [7, 11) is 0. The van der Waals surface area contributed by atoms with Crippen LogP contribution < -0.4 is 0 Å². The normalized spacial score (nSPS) is 27.6. The number of hydrogen-bond donors (Lipinski definition) is 0. The Morgan fingerprint density at radius 3 is 2.86 bits per heavy atom. The summed E-state index contributed by atoms with van der Waals surface area (Å²) >= 11 is 0. The third-order valence-electron chi connectivity index (χ3n) is 2.79. The smallest absolute Gasteiger partial charge is 0.104 e. The van der Waals surface area contributed by atoms with Crippen LogP contribution >= 0.6 is 0 Å². The van der Waals surface area contributed by atoms with Crippen LogP contribution in [0.5, 0.6) is 0 Å². The van der Waals surface area contributed by atoms with E-state index in [4.69, 9.17) is 0 Å². The minimum Gasteiger partial charge on any atom is -0.261 e. The average molecular weight is 191 g/mol. The molecule has 0 aromatic carbocycles. The average Bonchev–Trinajstić information content (AvgIpc) is 2.19. The summed E-state index contributed by atoms with van der Waals surface area (Å²) in [4.78, 5) is 4.29. The van der Waals surface area contributed by atoms with Gasteiger partial charge in [0.25, 0.3) is 0 Å². The van der Waals surface area contributed by atoms with E-state index in [1.807, 2.05) is 18.2 Å². The van der Waals surface area contributed by atoms with Crippen molar-refractivity contribution in [2.24, 2.45) is 0 Å². The van der Waals surface area contributed by atoms with E-state index in [2.05, 4.69) is 11.6 Å². The van der Waals surface area contributed by atoms with Crippen molar-refractivity contribution in [2.75, 3.05) is 0 Å². The maximum atomic E-state index is 13.0. The predicted molar refractivity (Wildman–Crippen MR) is 54.9 cm³/mol. The van der Waals surface area contributed by atoms with Crippen molar-refractivity contribution in [3.63, 3.8) is 0 Å². The summed E-state index contributed by atoms with van der Waals surface area (Å²) in [5, 5.41) is 0. The zero-order valence-corrected chi connectivity index (χ0v) is 8.12. The summed E-state index contributed by atoms with van der Waals surface area (Å²) in [6, 6.07) is 5.86. The number of hydrogen-bond acceptors (Lipinski definition) is 1. The lowest BCUT2D eigenvalue weighted by Gasteiger charge is -2.26. The van der Waals surface area contributed by atoms with Crippen LogP contribution in [-0.2, 0) is 0 Å². The van der Waals surface area contributed by atoms with Gasteiger partial charge in [-0.1, -0.05) is 18.2 Å². The van der Waals surface area contributed by atoms with Crippen LogP contribution in [0.4, 0.5) is 4.39 Å². The van der Waals surface area contributed by atoms with Crippen molar-refractivity contribution in [3.05, 3.63) is 42.2 Å². The van der Waals surface area contributed by atoms with Crippen molar-refractivity contribution in [2.45, 2.75) is 31.4 Å². The first-order chi connectivity index (χ1) is 6.77. The summed E-state index contributed by atoms with van der Waals surface area (Å²) in [6.45, 7) is 3.94. The topological polar surface area (TPSA) is 12.9 Å². The number of pyridine rings is 1. The van der Waals surface area contributed by atoms with Gasteiger partial charge in [-0.15, -0.1) is 0 Å². The molecule has 1 fully saturated rings. The Labute approximate surface area is 83.7 Å². The molecule has 1 aliphatic rings. The van der Waals surface area contributed by atoms with Crippen LogP contribution in [-0.4, -0.2) is 11.2 Å². The molecule has 0 aliphatic heterocycles. The lowest BCUT2D eigenvalue weighted by atomic mass is 9.82. The van der Waals surface area contributed by atoms with Gasteiger partial charge in [0, 0.05) is 17.8 Å². The molecule has 1 aromatic rings. The third kappa shape index (κ3) is 1.84. The van der Waals surface area contributed by atoms with E-state index >= 15 is 0 Å². The fourth-order valence-electron chi connectivity index (χ4n) is 2.02. The van der Waals surface area contributed by atoms with E-state index in [-0.39, 0.29) is 5.92 Å². The molecule has 0 bridgehead atoms. The Balaban J connectivity index is 2.16. The zero-order chi connectivity index (χ0) is 9.97. The largest absolute Gasteiger partial charge is 0.261 e. The van der Waals surface area contributed by atoms with E-state index in [0.717, 1.165) is 17.7 Å². The summed E-state index contributed by atoms with van der Waals surface area (Å²) in [5.74, 6) is 0.267. The quantitative estimate of drug-likeness (QED) is 0.621. The van der Waals surface area contributed by atoms with Crippen molar-refractivity contribution >= 4 is 0 Å². The van der Waals surface area contributed by atoms with E-state index in [0.29, 0.717) is 12.8 Å². The van der Waals surface area contributed by atoms with Crippen LogP contribution in [0.3, 0.4) is 0 Å². The third-order valence-corrected chi connectivity index (χ3v) is 2.79. The fourth-order valence-corrected chi connectivity index (χ4v) is 2.02. The SMILES string of the molecule is C=C1CC(F)CCC1c1ccccn1. The Morgan fingerprint density at radius 1 is 1.36 bits per heavy atom. The molecule has 2 atom stereocenters. The van der Waals surface area contributed by atoms with Gasteiger partial charge in [-0.25, -0.2) is 4.39 Å². The van der Waals surface area contributed by atoms with Crippen LogP contribution in [0, 0.1) is 0 Å². The predicted octanol–water partition coefficient (Wildman–Crippen LogP) is 3.24. The number of aromatic nitrogens is 1. The van der Waals surface area contributed by atoms with Gasteiger partial charge in [0.1, 0.15) is 6.17 Å². The molecule has 14 heavy (non-hydrogen) atoms. The first kappa shape index (κ1) is 9.38. The Bertz CT molecular complexity index is 320. The number of halogens is 1. The highest BCUT2D eigenvalue weighted by molar-refractivity contribution is 5.23. The Kier molecular flexibility index (Phi) is 2.62. The number of allylic oxidation sites excluding steroid dienone is 1. The van der Waals surface area contributed by atoms with Gasteiger partial charge in [0.2, 0.25) is 0 Å². The molecule has 74 valence electrons. The molecule has 1 aromatic heterocycles. The van der Waals surface area contributed by atoms with Crippen LogP contribution in [0.1, 0.15) is 30.9 Å². The van der Waals surface area contributed by atoms with Gasteiger partial charge in [-0.3, -0.25) is 4.98 Å². The maximum Gasteiger partial charge on any atom is 0.104 e. The molecule has 0 saturated heterocycles. The minimum atomic E-state index is -0.692. The number of alkyl halides is 1. The zero-order valence-electron chi connectivity index (χ0n) is 8.12. The number of rotatable bonds is 1. The molecule has 2 heteroatoms. The van der Waals surface area contributed by atoms with Crippen LogP contribution in [0.15, 0.2) is 36.5 Å². The highest BCUT2D eigenvalue weighted by Gasteiger charge is 2.25. The van der Waals surface area contributed by atoms with E-state index in [1.54, 1.807) is 6.20 Å². The van der Waals surface area contributed by atoms with E-state index < -0.39 is 6.17 Å². The van der Waals surface area contributed by atoms with Crippen molar-refractivity contribution in [1.29, 1.82) is 0 Å². The second-order valence-electron chi connectivity index (χ2n) is 3.84. The molecular weight excluding hydrogens is 177 g/mol. The second kappa shape index (κ2) is 3.91. The summed E-state index contributed by atoms with van der Waals surface area (Å²) < 4.78 is 13.0. The molecule has 2 unspecified atom stereocenters. The molecule has 1 saturated carbocycles. The van der Waals surface area contributed by atoms with Crippen molar-refractivity contribution in [1.82, 2.24) is 4.98 Å². The van der Waals surface area contributed by atoms with E-state index in [9.17, 15) is 4.39 Å². The number of nitrogens with zero attached hydrogens (tertiary/aromatic N) is 1. The fraction of sp³-hybridized carbons (Fsp3) is 0.417. The highest BCUT2D eigenvalue weighted by Crippen LogP contribution is 2.36. The lowest BCUT2D eigenvalue weighted by molar-refractivity contribution is 0.272. The van der Waals surface area contributed by atoms with Gasteiger partial charge < -0.3 is 0 Å². The molecule has 1 nitrogen and oxygen atoms in total. The van der Waals surface area contributed by atoms with Crippen molar-refractivity contribution in [3.8, 4) is 0 Å². The van der Waals surface area contributed by atoms with Gasteiger partial charge in [-0.05, 0) is 31.4 Å². The van der Waals surface area contributed by atoms with Crippen LogP contribution in [0.2, 0.25) is 0 Å². The molecule has 1 heterocycles. The monoisotopic (exact) mass is 191 g/mol. The Morgan fingerprint density at radius 2 is 2.21 bits per heavy atom. The molecule has 0 spiro atoms. The van der Waals surface area contributed by atoms with Gasteiger partial charge in [0.05, 0.1) is 0 Å².